The van der Waals surface area contributed by atoms with E-state index in [0.717, 1.165) is 12.5 Å². The molecule has 2 aromatic heterocycles. The summed E-state index contributed by atoms with van der Waals surface area (Å²) >= 11 is 0. The molecule has 26 heavy (non-hydrogen) atoms. The minimum atomic E-state index is -4.55. The zero-order valence-corrected chi connectivity index (χ0v) is 14.6. The molecular formula is C18H19F3N4O. The van der Waals surface area contributed by atoms with E-state index in [2.05, 4.69) is 15.3 Å². The van der Waals surface area contributed by atoms with Crippen molar-refractivity contribution < 1.29 is 18.3 Å². The average molecular weight is 364 g/mol. The molecule has 0 spiro atoms. The van der Waals surface area contributed by atoms with Crippen molar-refractivity contribution in [3.05, 3.63) is 36.3 Å². The highest BCUT2D eigenvalue weighted by molar-refractivity contribution is 6.01. The Kier molecular flexibility index (Phi) is 4.52. The highest BCUT2D eigenvalue weighted by atomic mass is 19.4. The number of phenols is 1. The van der Waals surface area contributed by atoms with Crippen molar-refractivity contribution in [2.45, 2.75) is 32.5 Å². The molecule has 0 aliphatic rings. The quantitative estimate of drug-likeness (QED) is 0.696. The Bertz CT molecular complexity index is 949. The lowest BCUT2D eigenvalue weighted by Crippen LogP contribution is -2.04. The number of alkyl halides is 3. The normalized spacial score (nSPS) is 13.2. The maximum absolute atomic E-state index is 13.2. The molecule has 0 bridgehead atoms. The Labute approximate surface area is 148 Å². The molecule has 8 heteroatoms. The molecule has 3 rings (SSSR count). The van der Waals surface area contributed by atoms with Gasteiger partial charge in [-0.15, -0.1) is 0 Å². The number of hydrogen-bond donors (Lipinski definition) is 2. The first-order valence-corrected chi connectivity index (χ1v) is 8.21. The Hall–Kier alpha value is -2.77. The Morgan fingerprint density at radius 2 is 1.96 bits per heavy atom. The molecule has 1 aromatic carbocycles. The number of anilines is 1. The second-order valence-electron chi connectivity index (χ2n) is 6.14. The van der Waals surface area contributed by atoms with E-state index in [0.29, 0.717) is 28.5 Å². The lowest BCUT2D eigenvalue weighted by molar-refractivity contribution is -0.137. The molecule has 0 fully saturated rings. The number of nitrogens with zero attached hydrogens (tertiary/aromatic N) is 3. The van der Waals surface area contributed by atoms with Gasteiger partial charge in [-0.2, -0.15) is 13.2 Å². The van der Waals surface area contributed by atoms with E-state index in [9.17, 15) is 18.3 Å². The first kappa shape index (κ1) is 18.0. The Morgan fingerprint density at radius 3 is 2.58 bits per heavy atom. The van der Waals surface area contributed by atoms with Gasteiger partial charge in [0.05, 0.1) is 10.9 Å². The van der Waals surface area contributed by atoms with Crippen LogP contribution in [-0.4, -0.2) is 26.7 Å². The number of fused-ring (bicyclic) bond motifs is 1. The van der Waals surface area contributed by atoms with Gasteiger partial charge in [0.15, 0.2) is 0 Å². The highest BCUT2D eigenvalue weighted by Crippen LogP contribution is 2.40. The predicted molar refractivity (Wildman–Crippen MR) is 94.2 cm³/mol. The fraction of sp³-hybridized carbons (Fsp3) is 0.333. The van der Waals surface area contributed by atoms with Gasteiger partial charge < -0.3 is 15.0 Å². The molecular weight excluding hydrogens is 345 g/mol. The minimum absolute atomic E-state index is 0.102. The molecule has 0 aliphatic heterocycles. The van der Waals surface area contributed by atoms with Gasteiger partial charge in [-0.25, -0.2) is 9.97 Å². The molecule has 1 unspecified atom stereocenters. The molecule has 2 N–H and O–H groups in total. The lowest BCUT2D eigenvalue weighted by Gasteiger charge is -2.11. The number of benzene rings is 1. The third kappa shape index (κ3) is 3.07. The van der Waals surface area contributed by atoms with Crippen molar-refractivity contribution in [1.82, 2.24) is 14.5 Å². The van der Waals surface area contributed by atoms with E-state index in [1.165, 1.54) is 12.4 Å². The average Bonchev–Trinajstić information content (AvgIpc) is 2.99. The summed E-state index contributed by atoms with van der Waals surface area (Å²) in [6, 6.07) is 3.16. The van der Waals surface area contributed by atoms with E-state index < -0.39 is 17.5 Å². The van der Waals surface area contributed by atoms with Gasteiger partial charge in [-0.05, 0) is 37.1 Å². The standard InChI is InChI=1S/C18H19F3N4O/c1-4-10(2)25-8-14(15-16(22-3)23-9-24-17(15)25)11-5-12(18(19,20)21)7-13(26)6-11/h5-10,26H,4H2,1-3H3,(H,22,23,24). The van der Waals surface area contributed by atoms with Crippen molar-refractivity contribution in [3.8, 4) is 16.9 Å². The predicted octanol–water partition coefficient (Wildman–Crippen LogP) is 4.84. The van der Waals surface area contributed by atoms with Crippen LogP contribution >= 0.6 is 0 Å². The fourth-order valence-corrected chi connectivity index (χ4v) is 2.96. The summed E-state index contributed by atoms with van der Waals surface area (Å²) in [7, 11) is 1.69. The van der Waals surface area contributed by atoms with Crippen LogP contribution < -0.4 is 5.32 Å². The monoisotopic (exact) mass is 364 g/mol. The van der Waals surface area contributed by atoms with Gasteiger partial charge >= 0.3 is 6.18 Å². The molecule has 1 atom stereocenters. The summed E-state index contributed by atoms with van der Waals surface area (Å²) in [5, 5.41) is 13.4. The van der Waals surface area contributed by atoms with Gasteiger partial charge in [0, 0.05) is 24.8 Å². The van der Waals surface area contributed by atoms with E-state index in [1.54, 1.807) is 13.2 Å². The van der Waals surface area contributed by atoms with Crippen molar-refractivity contribution >= 4 is 16.9 Å². The van der Waals surface area contributed by atoms with Crippen LogP contribution in [0.1, 0.15) is 31.9 Å². The van der Waals surface area contributed by atoms with Gasteiger partial charge in [-0.3, -0.25) is 0 Å². The van der Waals surface area contributed by atoms with Gasteiger partial charge in [0.25, 0.3) is 0 Å². The van der Waals surface area contributed by atoms with Gasteiger partial charge in [0.1, 0.15) is 23.5 Å². The Morgan fingerprint density at radius 1 is 1.23 bits per heavy atom. The Balaban J connectivity index is 2.34. The maximum atomic E-state index is 13.2. The van der Waals surface area contributed by atoms with Crippen LogP contribution in [-0.2, 0) is 6.18 Å². The second kappa shape index (κ2) is 6.51. The van der Waals surface area contributed by atoms with Crippen LogP contribution in [0.5, 0.6) is 5.75 Å². The van der Waals surface area contributed by atoms with Crippen molar-refractivity contribution in [2.75, 3.05) is 12.4 Å². The molecule has 0 amide bonds. The van der Waals surface area contributed by atoms with Crippen LogP contribution in [0.15, 0.2) is 30.7 Å². The number of halogens is 3. The number of rotatable bonds is 4. The summed E-state index contributed by atoms with van der Waals surface area (Å²) in [4.78, 5) is 8.51. The van der Waals surface area contributed by atoms with Gasteiger partial charge in [-0.1, -0.05) is 6.92 Å². The third-order valence-corrected chi connectivity index (χ3v) is 4.47. The summed E-state index contributed by atoms with van der Waals surface area (Å²) in [6.07, 6.45) is -0.537. The second-order valence-corrected chi connectivity index (χ2v) is 6.14. The highest BCUT2D eigenvalue weighted by Gasteiger charge is 2.32. The number of aromatic hydroxyl groups is 1. The smallest absolute Gasteiger partial charge is 0.416 e. The molecule has 3 aromatic rings. The molecule has 0 radical (unpaired) electrons. The molecule has 0 saturated heterocycles. The third-order valence-electron chi connectivity index (χ3n) is 4.47. The fourth-order valence-electron chi connectivity index (χ4n) is 2.96. The van der Waals surface area contributed by atoms with E-state index in [1.807, 2.05) is 18.4 Å². The first-order valence-electron chi connectivity index (χ1n) is 8.21. The number of phenolic OH excluding ortho intramolecular Hbond substituents is 1. The largest absolute Gasteiger partial charge is 0.508 e. The SMILES string of the molecule is CCC(C)n1cc(-c2cc(O)cc(C(F)(F)F)c2)c2c(NC)ncnc21. The maximum Gasteiger partial charge on any atom is 0.416 e. The number of nitrogens with one attached hydrogen (secondary N) is 1. The van der Waals surface area contributed by atoms with Crippen LogP contribution in [0.4, 0.5) is 19.0 Å². The summed E-state index contributed by atoms with van der Waals surface area (Å²) < 4.78 is 41.4. The van der Waals surface area contributed by atoms with E-state index in [4.69, 9.17) is 0 Å². The van der Waals surface area contributed by atoms with Crippen LogP contribution in [0.2, 0.25) is 0 Å². The summed E-state index contributed by atoms with van der Waals surface area (Å²) in [5.41, 5.74) is 0.521. The summed E-state index contributed by atoms with van der Waals surface area (Å²) in [5.74, 6) is 0.0751. The van der Waals surface area contributed by atoms with Crippen molar-refractivity contribution in [3.63, 3.8) is 0 Å². The molecule has 138 valence electrons. The molecule has 0 aliphatic carbocycles. The number of aromatic nitrogens is 3. The van der Waals surface area contributed by atoms with Crippen molar-refractivity contribution in [2.24, 2.45) is 0 Å². The van der Waals surface area contributed by atoms with Crippen LogP contribution in [0, 0.1) is 0 Å². The van der Waals surface area contributed by atoms with Crippen LogP contribution in [0.3, 0.4) is 0 Å². The van der Waals surface area contributed by atoms with Gasteiger partial charge in [0.2, 0.25) is 0 Å². The zero-order chi connectivity index (χ0) is 19.1. The molecule has 2 heterocycles. The van der Waals surface area contributed by atoms with Crippen molar-refractivity contribution in [1.29, 1.82) is 0 Å². The lowest BCUT2D eigenvalue weighted by atomic mass is 10.0. The first-order chi connectivity index (χ1) is 12.3. The summed E-state index contributed by atoms with van der Waals surface area (Å²) in [6.45, 7) is 4.03. The molecule has 5 nitrogen and oxygen atoms in total. The van der Waals surface area contributed by atoms with E-state index in [-0.39, 0.29) is 11.6 Å². The zero-order valence-electron chi connectivity index (χ0n) is 14.6. The number of hydrogen-bond acceptors (Lipinski definition) is 4. The molecule has 0 saturated carbocycles. The topological polar surface area (TPSA) is 63.0 Å². The minimum Gasteiger partial charge on any atom is -0.508 e. The van der Waals surface area contributed by atoms with E-state index >= 15 is 0 Å². The van der Waals surface area contributed by atoms with Crippen LogP contribution in [0.25, 0.3) is 22.2 Å².